The van der Waals surface area contributed by atoms with Crippen molar-refractivity contribution in [2.75, 3.05) is 6.61 Å². The molecule has 9 heteroatoms. The average Bonchev–Trinajstić information content (AvgIpc) is 2.52. The summed E-state index contributed by atoms with van der Waals surface area (Å²) in [7, 11) is 0. The molecule has 1 aromatic rings. The Morgan fingerprint density at radius 2 is 2.17 bits per heavy atom. The molecule has 100 valence electrons. The molecule has 0 amide bonds. The van der Waals surface area contributed by atoms with Crippen LogP contribution in [0.3, 0.4) is 0 Å². The molecule has 0 unspecified atom stereocenters. The summed E-state index contributed by atoms with van der Waals surface area (Å²) < 4.78 is 32.5. The Kier molecular flexibility index (Phi) is 3.05. The third kappa shape index (κ3) is 1.85. The summed E-state index contributed by atoms with van der Waals surface area (Å²) >= 11 is 0. The zero-order chi connectivity index (χ0) is 13.5. The lowest BCUT2D eigenvalue weighted by Crippen LogP contribution is -2.42. The van der Waals surface area contributed by atoms with Crippen LogP contribution in [0.1, 0.15) is 6.23 Å². The molecule has 3 atom stereocenters. The van der Waals surface area contributed by atoms with Gasteiger partial charge in [-0.3, -0.25) is 14.3 Å². The van der Waals surface area contributed by atoms with E-state index in [1.807, 2.05) is 0 Å². The molecule has 0 bridgehead atoms. The molecule has 0 aliphatic carbocycles. The topological polar surface area (TPSA) is 105 Å². The number of hydrogen-bond donors (Lipinski definition) is 3. The molecule has 1 aromatic heterocycles. The van der Waals surface area contributed by atoms with E-state index in [1.165, 1.54) is 0 Å². The summed E-state index contributed by atoms with van der Waals surface area (Å²) in [4.78, 5) is 24.0. The van der Waals surface area contributed by atoms with Gasteiger partial charge in [0.1, 0.15) is 6.10 Å². The van der Waals surface area contributed by atoms with Crippen LogP contribution < -0.4 is 11.2 Å². The van der Waals surface area contributed by atoms with E-state index in [-0.39, 0.29) is 0 Å². The number of nitrogens with one attached hydrogen (secondary N) is 1. The average molecular weight is 267 g/mol. The second-order valence-corrected chi connectivity index (χ2v) is 3.85. The number of halogens is 2. The van der Waals surface area contributed by atoms with Crippen molar-refractivity contribution in [1.82, 2.24) is 9.55 Å². The molecule has 1 saturated heterocycles. The molecule has 2 rings (SSSR count). The highest BCUT2D eigenvalue weighted by Crippen LogP contribution is 2.41. The second kappa shape index (κ2) is 4.26. The molecule has 1 aliphatic rings. The predicted octanol–water partition coefficient (Wildman–Crippen LogP) is -1.58. The summed E-state index contributed by atoms with van der Waals surface area (Å²) in [6.07, 6.45) is -4.96. The third-order valence-electron chi connectivity index (χ3n) is 2.66. The van der Waals surface area contributed by atoms with Gasteiger partial charge in [-0.1, -0.05) is 0 Å². The van der Waals surface area contributed by atoms with Crippen molar-refractivity contribution in [2.45, 2.75) is 24.4 Å². The maximum absolute atomic E-state index is 13.7. The Hall–Kier alpha value is -1.58. The Morgan fingerprint density at radius 1 is 1.50 bits per heavy atom. The quantitative estimate of drug-likeness (QED) is 0.600. The van der Waals surface area contributed by atoms with Gasteiger partial charge in [0.15, 0.2) is 6.10 Å². The standard InChI is InChI=1S/C9H10F2N2O5/c10-9(11)6(16)4(3-14)18-7(9)13-2-1-5(15)12-8(13)17/h1-2,4,6-7,14,16H,3H2,(H,12,15,17)/t4-,6-,7-/m1/s1/i8+1,12+1,13+1. The van der Waals surface area contributed by atoms with Crippen molar-refractivity contribution in [3.63, 3.8) is 0 Å². The van der Waals surface area contributed by atoms with E-state index in [9.17, 15) is 23.5 Å². The van der Waals surface area contributed by atoms with Gasteiger partial charge in [0.25, 0.3) is 5.56 Å². The largest absolute Gasteiger partial charge is 0.394 e. The minimum atomic E-state index is -3.75. The first-order valence-corrected chi connectivity index (χ1v) is 5.01. The minimum Gasteiger partial charge on any atom is -0.394 e. The Labute approximate surface area is 98.3 Å². The number of alkyl halides is 2. The number of hydrogen-bond acceptors (Lipinski definition) is 5. The number of H-pyrrole nitrogens is 1. The number of ether oxygens (including phenoxy) is 1. The van der Waals surface area contributed by atoms with Crippen molar-refractivity contribution >= 4 is 0 Å². The number of aliphatic hydroxyl groups excluding tert-OH is 2. The molecule has 0 saturated carbocycles. The second-order valence-electron chi connectivity index (χ2n) is 3.85. The fourth-order valence-corrected chi connectivity index (χ4v) is 1.73. The highest BCUT2D eigenvalue weighted by atomic mass is 19.3. The summed E-state index contributed by atoms with van der Waals surface area (Å²) in [5.74, 6) is -3.75. The number of aromatic nitrogens is 2. The Bertz CT molecular complexity index is 554. The first-order chi connectivity index (χ1) is 8.37. The normalized spacial score (nSPS) is 30.6. The lowest BCUT2D eigenvalue weighted by Gasteiger charge is -2.20. The summed E-state index contributed by atoms with van der Waals surface area (Å²) in [6.45, 7) is -0.814. The highest BCUT2D eigenvalue weighted by molar-refractivity contribution is 4.97. The fraction of sp³-hybridized carbons (Fsp3) is 0.556. The number of rotatable bonds is 2. The van der Waals surface area contributed by atoms with Crippen LogP contribution in [0.4, 0.5) is 8.78 Å². The van der Waals surface area contributed by atoms with Gasteiger partial charge in [0.2, 0.25) is 6.23 Å². The first-order valence-electron chi connectivity index (χ1n) is 5.01. The predicted molar refractivity (Wildman–Crippen MR) is 53.3 cm³/mol. The molecule has 3 N–H and O–H groups in total. The van der Waals surface area contributed by atoms with E-state index in [4.69, 9.17) is 9.84 Å². The maximum atomic E-state index is 13.7. The molecule has 18 heavy (non-hydrogen) atoms. The third-order valence-corrected chi connectivity index (χ3v) is 2.66. The number of aromatic amines is 1. The van der Waals surface area contributed by atoms with Crippen molar-refractivity contribution in [2.24, 2.45) is 0 Å². The maximum Gasteiger partial charge on any atom is 0.330 e. The molecular weight excluding hydrogens is 257 g/mol. The zero-order valence-electron chi connectivity index (χ0n) is 8.92. The van der Waals surface area contributed by atoms with Crippen LogP contribution in [-0.2, 0) is 4.74 Å². The van der Waals surface area contributed by atoms with E-state index < -0.39 is 42.2 Å². The monoisotopic (exact) mass is 267 g/mol. The highest BCUT2D eigenvalue weighted by Gasteiger charge is 2.59. The first kappa shape index (κ1) is 12.9. The van der Waals surface area contributed by atoms with Gasteiger partial charge in [0, 0.05) is 12.3 Å². The Morgan fingerprint density at radius 3 is 2.67 bits per heavy atom. The van der Waals surface area contributed by atoms with Gasteiger partial charge >= 0.3 is 11.6 Å². The van der Waals surface area contributed by atoms with E-state index in [0.717, 1.165) is 12.3 Å². The minimum absolute atomic E-state index is 0.459. The zero-order valence-corrected chi connectivity index (χ0v) is 8.92. The summed E-state index contributed by atoms with van der Waals surface area (Å²) in [5.41, 5.74) is -1.82. The number of nitrogens with zero attached hydrogens (tertiary/aromatic N) is 1. The van der Waals surface area contributed by atoms with Crippen LogP contribution >= 0.6 is 0 Å². The lowest BCUT2D eigenvalue weighted by molar-refractivity contribution is -0.141. The molecule has 1 aliphatic heterocycles. The molecule has 1 fully saturated rings. The van der Waals surface area contributed by atoms with Gasteiger partial charge in [-0.2, -0.15) is 8.78 Å². The van der Waals surface area contributed by atoms with Crippen LogP contribution in [0.2, 0.25) is 0 Å². The van der Waals surface area contributed by atoms with Gasteiger partial charge in [-0.05, 0) is 0 Å². The van der Waals surface area contributed by atoms with Crippen LogP contribution in [0.25, 0.3) is 0 Å². The lowest BCUT2D eigenvalue weighted by atomic mass is 10.1. The Balaban J connectivity index is 2.45. The van der Waals surface area contributed by atoms with E-state index in [0.29, 0.717) is 4.57 Å². The molecule has 0 radical (unpaired) electrons. The van der Waals surface area contributed by atoms with Crippen LogP contribution in [0.15, 0.2) is 21.9 Å². The molecule has 0 spiro atoms. The van der Waals surface area contributed by atoms with Crippen molar-refractivity contribution in [1.29, 1.82) is 0 Å². The van der Waals surface area contributed by atoms with Gasteiger partial charge in [-0.15, -0.1) is 0 Å². The van der Waals surface area contributed by atoms with Crippen LogP contribution in [-0.4, -0.2) is 44.5 Å². The molecule has 2 heterocycles. The molecule has 0 aromatic carbocycles. The van der Waals surface area contributed by atoms with Gasteiger partial charge in [-0.25, -0.2) is 4.79 Å². The SMILES string of the molecule is O=c1cc[15n]([C@@H]2O[C@H](CO)[C@@H](O)C2(F)F)[13c](=O)[15nH]1. The molecule has 7 nitrogen and oxygen atoms in total. The smallest absolute Gasteiger partial charge is 0.330 e. The molecular formula is C9H10F2N2O5. The van der Waals surface area contributed by atoms with Crippen LogP contribution in [0.5, 0.6) is 0 Å². The van der Waals surface area contributed by atoms with Gasteiger partial charge < -0.3 is 14.9 Å². The number of aliphatic hydroxyl groups is 2. The van der Waals surface area contributed by atoms with E-state index in [2.05, 4.69) is 0 Å². The van der Waals surface area contributed by atoms with Crippen molar-refractivity contribution in [3.05, 3.63) is 33.1 Å². The summed E-state index contributed by atoms with van der Waals surface area (Å²) in [6, 6.07) is 0.874. The van der Waals surface area contributed by atoms with E-state index >= 15 is 0 Å². The fourth-order valence-electron chi connectivity index (χ4n) is 1.73. The van der Waals surface area contributed by atoms with Crippen molar-refractivity contribution in [3.8, 4) is 0 Å². The van der Waals surface area contributed by atoms with Crippen molar-refractivity contribution < 1.29 is 23.7 Å². The van der Waals surface area contributed by atoms with Crippen LogP contribution in [0, 0.1) is 0 Å². The van der Waals surface area contributed by atoms with E-state index in [1.54, 1.807) is 4.98 Å². The van der Waals surface area contributed by atoms with Gasteiger partial charge in [0.05, 0.1) is 6.61 Å². The summed E-state index contributed by atoms with van der Waals surface area (Å²) in [5, 5.41) is 18.1.